The lowest BCUT2D eigenvalue weighted by atomic mass is 10.2. The highest BCUT2D eigenvalue weighted by atomic mass is 32.1. The highest BCUT2D eigenvalue weighted by molar-refractivity contribution is 7.71. The maximum atomic E-state index is 11.9. The number of amides is 1. The van der Waals surface area contributed by atoms with E-state index in [1.165, 1.54) is 0 Å². The first kappa shape index (κ1) is 12.4. The van der Waals surface area contributed by atoms with Crippen LogP contribution in [0.4, 0.5) is 0 Å². The van der Waals surface area contributed by atoms with E-state index in [1.54, 1.807) is 18.3 Å². The van der Waals surface area contributed by atoms with Gasteiger partial charge in [-0.3, -0.25) is 9.78 Å². The van der Waals surface area contributed by atoms with Crippen LogP contribution in [0.5, 0.6) is 0 Å². The van der Waals surface area contributed by atoms with Gasteiger partial charge in [0.25, 0.3) is 5.91 Å². The molecule has 0 atom stereocenters. The zero-order valence-electron chi connectivity index (χ0n) is 9.93. The molecule has 2 heterocycles. The van der Waals surface area contributed by atoms with Crippen LogP contribution < -0.4 is 5.32 Å². The van der Waals surface area contributed by atoms with Gasteiger partial charge in [0.05, 0.1) is 17.8 Å². The molecule has 5 heteroatoms. The summed E-state index contributed by atoms with van der Waals surface area (Å²) in [5.41, 5.74) is 2.23. The van der Waals surface area contributed by atoms with Gasteiger partial charge < -0.3 is 10.3 Å². The summed E-state index contributed by atoms with van der Waals surface area (Å²) in [6.45, 7) is 2.31. The fourth-order valence-electron chi connectivity index (χ4n) is 1.56. The number of aromatic amines is 1. The number of aryl methyl sites for hydroxylation is 1. The van der Waals surface area contributed by atoms with Crippen molar-refractivity contribution in [2.75, 3.05) is 0 Å². The van der Waals surface area contributed by atoms with E-state index >= 15 is 0 Å². The molecule has 2 N–H and O–H groups in total. The molecule has 1 amide bonds. The van der Waals surface area contributed by atoms with Crippen molar-refractivity contribution in [3.63, 3.8) is 0 Å². The van der Waals surface area contributed by atoms with Crippen LogP contribution in [0.1, 0.15) is 21.7 Å². The minimum absolute atomic E-state index is 0.194. The third-order valence-electron chi connectivity index (χ3n) is 2.44. The molecule has 0 aliphatic carbocycles. The van der Waals surface area contributed by atoms with Crippen LogP contribution in [0.25, 0.3) is 0 Å². The Morgan fingerprint density at radius 3 is 2.94 bits per heavy atom. The number of rotatable bonds is 3. The Balaban J connectivity index is 2.05. The monoisotopic (exact) mass is 259 g/mol. The van der Waals surface area contributed by atoms with E-state index in [1.807, 2.05) is 25.1 Å². The van der Waals surface area contributed by atoms with Gasteiger partial charge in [-0.15, -0.1) is 0 Å². The van der Waals surface area contributed by atoms with E-state index in [4.69, 9.17) is 12.2 Å². The lowest BCUT2D eigenvalue weighted by Gasteiger charge is -2.05. The smallest absolute Gasteiger partial charge is 0.254 e. The molecule has 0 radical (unpaired) electrons. The van der Waals surface area contributed by atoms with Crippen molar-refractivity contribution in [2.24, 2.45) is 0 Å². The fraction of sp³-hybridized carbons (Fsp3) is 0.154. The third-order valence-corrected chi connectivity index (χ3v) is 2.78. The molecule has 0 fully saturated rings. The summed E-state index contributed by atoms with van der Waals surface area (Å²) >= 11 is 5.05. The number of carbonyl (C=O) groups is 1. The van der Waals surface area contributed by atoms with E-state index in [9.17, 15) is 4.79 Å². The predicted molar refractivity (Wildman–Crippen MR) is 71.8 cm³/mol. The molecule has 0 aliphatic rings. The van der Waals surface area contributed by atoms with Gasteiger partial charge in [0.2, 0.25) is 0 Å². The first-order valence-electron chi connectivity index (χ1n) is 5.55. The molecule has 0 aromatic carbocycles. The van der Waals surface area contributed by atoms with Gasteiger partial charge >= 0.3 is 0 Å². The second kappa shape index (κ2) is 5.55. The average molecular weight is 259 g/mol. The van der Waals surface area contributed by atoms with E-state index in [2.05, 4.69) is 15.3 Å². The van der Waals surface area contributed by atoms with Crippen LogP contribution in [-0.2, 0) is 6.54 Å². The molecule has 2 aromatic rings. The van der Waals surface area contributed by atoms with Crippen molar-refractivity contribution >= 4 is 18.1 Å². The van der Waals surface area contributed by atoms with Crippen molar-refractivity contribution in [3.05, 3.63) is 58.1 Å². The number of nitrogens with zero attached hydrogens (tertiary/aromatic N) is 1. The topological polar surface area (TPSA) is 57.8 Å². The average Bonchev–Trinajstić information content (AvgIpc) is 2.37. The van der Waals surface area contributed by atoms with Gasteiger partial charge in [-0.25, -0.2) is 0 Å². The number of hydrogen-bond acceptors (Lipinski definition) is 3. The first-order chi connectivity index (χ1) is 8.66. The minimum Gasteiger partial charge on any atom is -0.352 e. The van der Waals surface area contributed by atoms with E-state index < -0.39 is 0 Å². The molecule has 0 unspecified atom stereocenters. The standard InChI is InChI=1S/C13H13N3OS/c1-9-4-2-5-10(16-9)8-15-12(17)11-6-3-7-14-13(11)18/h2-7H,8H2,1H3,(H,14,18)(H,15,17). The van der Waals surface area contributed by atoms with Crippen LogP contribution in [0, 0.1) is 11.6 Å². The molecule has 0 saturated carbocycles. The third kappa shape index (κ3) is 3.01. The van der Waals surface area contributed by atoms with Gasteiger partial charge in [0.1, 0.15) is 4.64 Å². The quantitative estimate of drug-likeness (QED) is 0.832. The van der Waals surface area contributed by atoms with E-state index in [0.29, 0.717) is 16.7 Å². The largest absolute Gasteiger partial charge is 0.352 e. The maximum Gasteiger partial charge on any atom is 0.254 e. The van der Waals surface area contributed by atoms with E-state index in [-0.39, 0.29) is 5.91 Å². The minimum atomic E-state index is -0.194. The number of pyridine rings is 2. The predicted octanol–water partition coefficient (Wildman–Crippen LogP) is 2.38. The molecule has 0 aliphatic heterocycles. The molecular weight excluding hydrogens is 246 g/mol. The molecule has 2 aromatic heterocycles. The number of hydrogen-bond donors (Lipinski definition) is 2. The molecular formula is C13H13N3OS. The SMILES string of the molecule is Cc1cccc(CNC(=O)c2ccc[nH]c2=S)n1. The number of carbonyl (C=O) groups excluding carboxylic acids is 1. The molecule has 0 bridgehead atoms. The Morgan fingerprint density at radius 2 is 2.22 bits per heavy atom. The highest BCUT2D eigenvalue weighted by Crippen LogP contribution is 2.01. The number of H-pyrrole nitrogens is 1. The number of aromatic nitrogens is 2. The normalized spacial score (nSPS) is 10.1. The van der Waals surface area contributed by atoms with Crippen LogP contribution in [0.15, 0.2) is 36.5 Å². The van der Waals surface area contributed by atoms with Crippen molar-refractivity contribution in [1.29, 1.82) is 0 Å². The second-order valence-corrected chi connectivity index (χ2v) is 4.27. The van der Waals surface area contributed by atoms with Gasteiger partial charge in [0, 0.05) is 11.9 Å². The Morgan fingerprint density at radius 1 is 1.39 bits per heavy atom. The van der Waals surface area contributed by atoms with Gasteiger partial charge in [-0.1, -0.05) is 18.3 Å². The van der Waals surface area contributed by atoms with Crippen molar-refractivity contribution in [1.82, 2.24) is 15.3 Å². The van der Waals surface area contributed by atoms with Crippen LogP contribution in [-0.4, -0.2) is 15.9 Å². The molecule has 2 rings (SSSR count). The van der Waals surface area contributed by atoms with Crippen molar-refractivity contribution in [2.45, 2.75) is 13.5 Å². The maximum absolute atomic E-state index is 11.9. The number of nitrogens with one attached hydrogen (secondary N) is 2. The Bertz CT molecular complexity index is 621. The van der Waals surface area contributed by atoms with Crippen LogP contribution in [0.3, 0.4) is 0 Å². The molecule has 4 nitrogen and oxygen atoms in total. The first-order valence-corrected chi connectivity index (χ1v) is 5.96. The van der Waals surface area contributed by atoms with Gasteiger partial charge in [0.15, 0.2) is 0 Å². The summed E-state index contributed by atoms with van der Waals surface area (Å²) < 4.78 is 0.437. The van der Waals surface area contributed by atoms with Crippen molar-refractivity contribution in [3.8, 4) is 0 Å². The van der Waals surface area contributed by atoms with E-state index in [0.717, 1.165) is 11.4 Å². The summed E-state index contributed by atoms with van der Waals surface area (Å²) in [5, 5.41) is 2.80. The lowest BCUT2D eigenvalue weighted by molar-refractivity contribution is 0.0949. The molecule has 92 valence electrons. The second-order valence-electron chi connectivity index (χ2n) is 3.87. The molecule has 0 spiro atoms. The summed E-state index contributed by atoms with van der Waals surface area (Å²) in [7, 11) is 0. The molecule has 18 heavy (non-hydrogen) atoms. The summed E-state index contributed by atoms with van der Waals surface area (Å²) in [6.07, 6.45) is 1.70. The van der Waals surface area contributed by atoms with Crippen LogP contribution in [0.2, 0.25) is 0 Å². The van der Waals surface area contributed by atoms with Gasteiger partial charge in [-0.2, -0.15) is 0 Å². The Hall–Kier alpha value is -2.01. The van der Waals surface area contributed by atoms with Gasteiger partial charge in [-0.05, 0) is 31.2 Å². The highest BCUT2D eigenvalue weighted by Gasteiger charge is 2.07. The zero-order chi connectivity index (χ0) is 13.0. The zero-order valence-corrected chi connectivity index (χ0v) is 10.8. The summed E-state index contributed by atoms with van der Waals surface area (Å²) in [4.78, 5) is 19.0. The summed E-state index contributed by atoms with van der Waals surface area (Å²) in [5.74, 6) is -0.194. The molecule has 0 saturated heterocycles. The van der Waals surface area contributed by atoms with Crippen LogP contribution >= 0.6 is 12.2 Å². The van der Waals surface area contributed by atoms with Crippen molar-refractivity contribution < 1.29 is 4.79 Å². The Kier molecular flexibility index (Phi) is 3.84. The fourth-order valence-corrected chi connectivity index (χ4v) is 1.79. The lowest BCUT2D eigenvalue weighted by Crippen LogP contribution is -2.23. The Labute approximate surface area is 110 Å². The summed E-state index contributed by atoms with van der Waals surface area (Å²) in [6, 6.07) is 9.14.